The molecule has 0 N–H and O–H groups in total. The smallest absolute Gasteiger partial charge is 0.343 e. The molecule has 0 saturated carbocycles. The molecule has 1 saturated heterocycles. The minimum Gasteiger partial charge on any atom is -0.423 e. The minimum absolute atomic E-state index is 0.213. The number of esters is 1. The van der Waals surface area contributed by atoms with Crippen LogP contribution in [0.1, 0.15) is 26.7 Å². The van der Waals surface area contributed by atoms with Crippen molar-refractivity contribution in [3.8, 4) is 5.75 Å². The van der Waals surface area contributed by atoms with Gasteiger partial charge in [0, 0.05) is 0 Å². The second-order valence-electron chi connectivity index (χ2n) is 4.39. The van der Waals surface area contributed by atoms with Crippen molar-refractivity contribution >= 4 is 17.6 Å². The van der Waals surface area contributed by atoms with Gasteiger partial charge in [0.25, 0.3) is 0 Å². The number of carbonyl (C=O) groups excluding carboxylic acids is 1. The molecule has 1 aliphatic rings. The van der Waals surface area contributed by atoms with Crippen molar-refractivity contribution < 1.29 is 19.0 Å². The van der Waals surface area contributed by atoms with Crippen molar-refractivity contribution in [2.24, 2.45) is 0 Å². The zero-order chi connectivity index (χ0) is 13.9. The Hall–Kier alpha value is -1.10. The quantitative estimate of drug-likeness (QED) is 0.629. The molecule has 19 heavy (non-hydrogen) atoms. The first kappa shape index (κ1) is 14.3. The van der Waals surface area contributed by atoms with E-state index in [9.17, 15) is 4.79 Å². The molecule has 1 atom stereocenters. The van der Waals surface area contributed by atoms with Gasteiger partial charge in [-0.3, -0.25) is 0 Å². The normalized spacial score (nSPS) is 21.3. The SMILES string of the molecule is CCC1(CC)OCC(C(=O)Oc2ccccc2Cl)O1. The van der Waals surface area contributed by atoms with Crippen molar-refractivity contribution in [3.63, 3.8) is 0 Å². The predicted molar refractivity (Wildman–Crippen MR) is 71.2 cm³/mol. The summed E-state index contributed by atoms with van der Waals surface area (Å²) < 4.78 is 16.5. The average molecular weight is 285 g/mol. The van der Waals surface area contributed by atoms with Gasteiger partial charge in [0.15, 0.2) is 11.9 Å². The molecule has 1 aromatic carbocycles. The molecule has 0 spiro atoms. The second kappa shape index (κ2) is 5.90. The number of para-hydroxylation sites is 1. The molecule has 2 rings (SSSR count). The molecule has 0 amide bonds. The third kappa shape index (κ3) is 3.08. The number of hydrogen-bond acceptors (Lipinski definition) is 4. The molecule has 0 aliphatic carbocycles. The minimum atomic E-state index is -0.698. The summed E-state index contributed by atoms with van der Waals surface area (Å²) in [7, 11) is 0. The van der Waals surface area contributed by atoms with E-state index in [0.717, 1.165) is 0 Å². The van der Waals surface area contributed by atoms with Crippen molar-refractivity contribution in [2.45, 2.75) is 38.6 Å². The van der Waals surface area contributed by atoms with Gasteiger partial charge in [0.05, 0.1) is 11.6 Å². The number of carbonyl (C=O) groups is 1. The van der Waals surface area contributed by atoms with E-state index in [1.54, 1.807) is 24.3 Å². The van der Waals surface area contributed by atoms with Gasteiger partial charge in [0.1, 0.15) is 5.75 Å². The highest BCUT2D eigenvalue weighted by Crippen LogP contribution is 2.31. The first-order valence-electron chi connectivity index (χ1n) is 6.38. The van der Waals surface area contributed by atoms with E-state index < -0.39 is 17.9 Å². The van der Waals surface area contributed by atoms with Crippen LogP contribution < -0.4 is 4.74 Å². The van der Waals surface area contributed by atoms with Gasteiger partial charge in [0.2, 0.25) is 0 Å². The van der Waals surface area contributed by atoms with Crippen molar-refractivity contribution in [1.82, 2.24) is 0 Å². The number of benzene rings is 1. The van der Waals surface area contributed by atoms with Gasteiger partial charge in [-0.15, -0.1) is 0 Å². The fraction of sp³-hybridized carbons (Fsp3) is 0.500. The predicted octanol–water partition coefficient (Wildman–Crippen LogP) is 3.18. The molecule has 0 aromatic heterocycles. The molecule has 104 valence electrons. The molecule has 5 heteroatoms. The van der Waals surface area contributed by atoms with E-state index in [2.05, 4.69) is 0 Å². The Labute approximate surface area is 117 Å². The van der Waals surface area contributed by atoms with E-state index in [4.69, 9.17) is 25.8 Å². The number of ether oxygens (including phenoxy) is 3. The maximum atomic E-state index is 12.0. The highest BCUT2D eigenvalue weighted by atomic mass is 35.5. The summed E-state index contributed by atoms with van der Waals surface area (Å²) in [6.07, 6.45) is 0.690. The van der Waals surface area contributed by atoms with Gasteiger partial charge in [-0.05, 0) is 25.0 Å². The van der Waals surface area contributed by atoms with E-state index in [1.165, 1.54) is 0 Å². The highest BCUT2D eigenvalue weighted by Gasteiger charge is 2.42. The summed E-state index contributed by atoms with van der Waals surface area (Å²) in [5, 5.41) is 0.395. The Balaban J connectivity index is 2.01. The lowest BCUT2D eigenvalue weighted by Gasteiger charge is -2.24. The summed E-state index contributed by atoms with van der Waals surface area (Å²) >= 11 is 5.94. The third-order valence-corrected chi connectivity index (χ3v) is 3.55. The van der Waals surface area contributed by atoms with Crippen LogP contribution in [0.3, 0.4) is 0 Å². The van der Waals surface area contributed by atoms with E-state index >= 15 is 0 Å². The van der Waals surface area contributed by atoms with Crippen molar-refractivity contribution in [3.05, 3.63) is 29.3 Å². The fourth-order valence-corrected chi connectivity index (χ4v) is 2.17. The maximum absolute atomic E-state index is 12.0. The van der Waals surface area contributed by atoms with Gasteiger partial charge in [-0.25, -0.2) is 4.79 Å². The first-order valence-corrected chi connectivity index (χ1v) is 6.76. The molecule has 1 heterocycles. The van der Waals surface area contributed by atoms with E-state index in [0.29, 0.717) is 23.6 Å². The molecule has 1 aromatic rings. The van der Waals surface area contributed by atoms with Gasteiger partial charge < -0.3 is 14.2 Å². The third-order valence-electron chi connectivity index (χ3n) is 3.24. The Morgan fingerprint density at radius 2 is 2.11 bits per heavy atom. The average Bonchev–Trinajstić information content (AvgIpc) is 2.87. The topological polar surface area (TPSA) is 44.8 Å². The van der Waals surface area contributed by atoms with Crippen molar-refractivity contribution in [2.75, 3.05) is 6.61 Å². The summed E-state index contributed by atoms with van der Waals surface area (Å²) in [4.78, 5) is 12.0. The number of hydrogen-bond donors (Lipinski definition) is 0. The van der Waals surface area contributed by atoms with Crippen molar-refractivity contribution in [1.29, 1.82) is 0 Å². The molecule has 0 bridgehead atoms. The Morgan fingerprint density at radius 3 is 2.68 bits per heavy atom. The lowest BCUT2D eigenvalue weighted by atomic mass is 10.1. The van der Waals surface area contributed by atoms with Crippen LogP contribution in [0.5, 0.6) is 5.75 Å². The second-order valence-corrected chi connectivity index (χ2v) is 4.79. The summed E-state index contributed by atoms with van der Waals surface area (Å²) in [6, 6.07) is 6.83. The molecule has 0 radical (unpaired) electrons. The molecule has 1 fully saturated rings. The molecule has 1 aliphatic heterocycles. The molecule has 1 unspecified atom stereocenters. The fourth-order valence-electron chi connectivity index (χ4n) is 1.99. The van der Waals surface area contributed by atoms with Crippen LogP contribution in [0.15, 0.2) is 24.3 Å². The van der Waals surface area contributed by atoms with Gasteiger partial charge in [-0.2, -0.15) is 0 Å². The molecular weight excluding hydrogens is 268 g/mol. The maximum Gasteiger partial charge on any atom is 0.343 e. The zero-order valence-corrected chi connectivity index (χ0v) is 11.8. The van der Waals surface area contributed by atoms with E-state index in [1.807, 2.05) is 13.8 Å². The van der Waals surface area contributed by atoms with Crippen LogP contribution in [0.2, 0.25) is 5.02 Å². The Bertz CT molecular complexity index is 457. The summed E-state index contributed by atoms with van der Waals surface area (Å²) in [5.41, 5.74) is 0. The largest absolute Gasteiger partial charge is 0.423 e. The first-order chi connectivity index (χ1) is 9.10. The standard InChI is InChI=1S/C14H17ClO4/c1-3-14(4-2)17-9-12(19-14)13(16)18-11-8-6-5-7-10(11)15/h5-8,12H,3-4,9H2,1-2H3. The summed E-state index contributed by atoms with van der Waals surface area (Å²) in [6.45, 7) is 4.14. The van der Waals surface area contributed by atoms with Crippen LogP contribution in [0.4, 0.5) is 0 Å². The molecule has 4 nitrogen and oxygen atoms in total. The lowest BCUT2D eigenvalue weighted by molar-refractivity contribution is -0.181. The van der Waals surface area contributed by atoms with Gasteiger partial charge in [-0.1, -0.05) is 37.6 Å². The monoisotopic (exact) mass is 284 g/mol. The molecular formula is C14H17ClO4. The Morgan fingerprint density at radius 1 is 1.42 bits per heavy atom. The lowest BCUT2D eigenvalue weighted by Crippen LogP contribution is -2.33. The Kier molecular flexibility index (Phi) is 4.45. The van der Waals surface area contributed by atoms with Crippen LogP contribution >= 0.6 is 11.6 Å². The number of rotatable bonds is 4. The number of halogens is 1. The highest BCUT2D eigenvalue weighted by molar-refractivity contribution is 6.32. The zero-order valence-electron chi connectivity index (χ0n) is 11.0. The van der Waals surface area contributed by atoms with Crippen LogP contribution in [-0.2, 0) is 14.3 Å². The van der Waals surface area contributed by atoms with Crippen LogP contribution in [-0.4, -0.2) is 24.5 Å². The van der Waals surface area contributed by atoms with Crippen LogP contribution in [0, 0.1) is 0 Å². The summed E-state index contributed by atoms with van der Waals surface area (Å²) in [5.74, 6) is -0.801. The van der Waals surface area contributed by atoms with E-state index in [-0.39, 0.29) is 6.61 Å². The van der Waals surface area contributed by atoms with Gasteiger partial charge >= 0.3 is 5.97 Å². The van der Waals surface area contributed by atoms with Crippen LogP contribution in [0.25, 0.3) is 0 Å².